The lowest BCUT2D eigenvalue weighted by Gasteiger charge is -2.39. The second-order valence-electron chi connectivity index (χ2n) is 8.33. The van der Waals surface area contributed by atoms with Gasteiger partial charge in [0.2, 0.25) is 6.19 Å². The minimum absolute atomic E-state index is 0.369. The molecule has 0 saturated heterocycles. The highest BCUT2D eigenvalue weighted by Gasteiger charge is 2.36. The smallest absolute Gasteiger partial charge is 0.267 e. The topological polar surface area (TPSA) is 64.4 Å². The van der Waals surface area contributed by atoms with Crippen molar-refractivity contribution in [3.8, 4) is 6.19 Å². The van der Waals surface area contributed by atoms with Crippen molar-refractivity contribution in [1.29, 1.82) is 5.26 Å². The van der Waals surface area contributed by atoms with E-state index in [0.29, 0.717) is 11.1 Å². The van der Waals surface area contributed by atoms with Crippen molar-refractivity contribution >= 4 is 11.8 Å². The van der Waals surface area contributed by atoms with Crippen LogP contribution in [0.15, 0.2) is 42.5 Å². The van der Waals surface area contributed by atoms with Crippen LogP contribution in [0.3, 0.4) is 0 Å². The van der Waals surface area contributed by atoms with Crippen molar-refractivity contribution in [3.63, 3.8) is 0 Å². The fourth-order valence-corrected chi connectivity index (χ4v) is 3.32. The molecule has 0 atom stereocenters. The van der Waals surface area contributed by atoms with Crippen molar-refractivity contribution in [2.24, 2.45) is 0 Å². The van der Waals surface area contributed by atoms with Gasteiger partial charge in [-0.15, -0.1) is 5.01 Å². The zero-order valence-corrected chi connectivity index (χ0v) is 18.1. The van der Waals surface area contributed by atoms with Crippen LogP contribution in [-0.4, -0.2) is 27.4 Å². The van der Waals surface area contributed by atoms with Crippen LogP contribution in [0.5, 0.6) is 0 Å². The molecule has 152 valence electrons. The van der Waals surface area contributed by atoms with Crippen LogP contribution >= 0.6 is 0 Å². The van der Waals surface area contributed by atoms with Gasteiger partial charge in [-0.3, -0.25) is 9.59 Å². The summed E-state index contributed by atoms with van der Waals surface area (Å²) in [6.45, 7) is 11.3. The number of carbonyl (C=O) groups is 2. The van der Waals surface area contributed by atoms with E-state index in [4.69, 9.17) is 0 Å². The summed E-state index contributed by atoms with van der Waals surface area (Å²) < 4.78 is 0. The molecule has 0 heterocycles. The maximum absolute atomic E-state index is 13.4. The van der Waals surface area contributed by atoms with Crippen LogP contribution in [0.1, 0.15) is 71.5 Å². The molecule has 0 radical (unpaired) electrons. The number of nitrogens with zero attached hydrogens (tertiary/aromatic N) is 3. The molecule has 0 aliphatic heterocycles. The number of benzene rings is 2. The molecule has 0 aromatic heterocycles. The highest BCUT2D eigenvalue weighted by Crippen LogP contribution is 2.23. The predicted molar refractivity (Wildman–Crippen MR) is 114 cm³/mol. The minimum Gasteiger partial charge on any atom is -0.267 e. The predicted octanol–water partition coefficient (Wildman–Crippen LogP) is 5.04. The van der Waals surface area contributed by atoms with E-state index in [2.05, 4.69) is 6.92 Å². The Morgan fingerprint density at radius 3 is 1.93 bits per heavy atom. The summed E-state index contributed by atoms with van der Waals surface area (Å²) in [5.41, 5.74) is 3.07. The summed E-state index contributed by atoms with van der Waals surface area (Å²) in [6.07, 6.45) is 3.86. The molecule has 5 nitrogen and oxygen atoms in total. The van der Waals surface area contributed by atoms with Gasteiger partial charge in [-0.25, -0.2) is 5.01 Å². The fourth-order valence-electron chi connectivity index (χ4n) is 3.32. The van der Waals surface area contributed by atoms with Crippen LogP contribution in [0.2, 0.25) is 0 Å². The van der Waals surface area contributed by atoms with E-state index in [0.717, 1.165) is 34.5 Å². The van der Waals surface area contributed by atoms with Gasteiger partial charge >= 0.3 is 0 Å². The fraction of sp³-hybridized carbons (Fsp3) is 0.375. The molecule has 0 N–H and O–H groups in total. The minimum atomic E-state index is -0.776. The number of hydrogen-bond donors (Lipinski definition) is 0. The highest BCUT2D eigenvalue weighted by atomic mass is 16.2. The largest absolute Gasteiger partial charge is 0.286 e. The van der Waals surface area contributed by atoms with E-state index in [9.17, 15) is 14.9 Å². The van der Waals surface area contributed by atoms with E-state index >= 15 is 0 Å². The van der Waals surface area contributed by atoms with Crippen LogP contribution in [-0.2, 0) is 6.42 Å². The first kappa shape index (κ1) is 22.2. The van der Waals surface area contributed by atoms with Crippen LogP contribution in [0.4, 0.5) is 0 Å². The quantitative estimate of drug-likeness (QED) is 0.417. The normalized spacial score (nSPS) is 10.9. The third kappa shape index (κ3) is 5.23. The van der Waals surface area contributed by atoms with Crippen molar-refractivity contribution in [2.75, 3.05) is 0 Å². The molecule has 0 spiro atoms. The monoisotopic (exact) mass is 391 g/mol. The number of carbonyl (C=O) groups excluding carboxylic acids is 2. The Kier molecular flexibility index (Phi) is 6.81. The van der Waals surface area contributed by atoms with Crippen LogP contribution in [0.25, 0.3) is 0 Å². The number of aryl methyl sites for hydroxylation is 3. The number of rotatable bonds is 4. The Morgan fingerprint density at radius 1 is 0.931 bits per heavy atom. The molecule has 0 aliphatic rings. The van der Waals surface area contributed by atoms with Crippen molar-refractivity contribution in [2.45, 2.75) is 59.9 Å². The number of nitriles is 1. The van der Waals surface area contributed by atoms with E-state index in [-0.39, 0.29) is 5.91 Å². The molecule has 0 unspecified atom stereocenters. The van der Waals surface area contributed by atoms with E-state index in [1.165, 1.54) is 5.01 Å². The van der Waals surface area contributed by atoms with Gasteiger partial charge in [0.25, 0.3) is 11.8 Å². The maximum atomic E-state index is 13.4. The van der Waals surface area contributed by atoms with Gasteiger partial charge < -0.3 is 0 Å². The molecular formula is C24H29N3O2. The Labute approximate surface area is 173 Å². The van der Waals surface area contributed by atoms with Gasteiger partial charge in [0.05, 0.1) is 5.54 Å². The average molecular weight is 392 g/mol. The second-order valence-corrected chi connectivity index (χ2v) is 8.33. The molecule has 5 heteroatoms. The lowest BCUT2D eigenvalue weighted by Crippen LogP contribution is -2.56. The molecular weight excluding hydrogens is 362 g/mol. The molecule has 29 heavy (non-hydrogen) atoms. The summed E-state index contributed by atoms with van der Waals surface area (Å²) in [5, 5.41) is 11.9. The first-order chi connectivity index (χ1) is 13.6. The number of hydrazine groups is 1. The van der Waals surface area contributed by atoms with Crippen molar-refractivity contribution in [3.05, 3.63) is 70.3 Å². The van der Waals surface area contributed by atoms with Crippen molar-refractivity contribution in [1.82, 2.24) is 10.0 Å². The Hall–Kier alpha value is -3.13. The average Bonchev–Trinajstić information content (AvgIpc) is 2.64. The summed E-state index contributed by atoms with van der Waals surface area (Å²) in [4.78, 5) is 26.5. The van der Waals surface area contributed by atoms with Crippen LogP contribution in [0, 0.1) is 25.3 Å². The van der Waals surface area contributed by atoms with Gasteiger partial charge in [-0.1, -0.05) is 42.7 Å². The molecule has 0 aliphatic carbocycles. The first-order valence-electron chi connectivity index (χ1n) is 9.84. The van der Waals surface area contributed by atoms with Crippen molar-refractivity contribution < 1.29 is 9.59 Å². The summed E-state index contributed by atoms with van der Waals surface area (Å²) in [5.74, 6) is -0.912. The van der Waals surface area contributed by atoms with Gasteiger partial charge in [0, 0.05) is 11.1 Å². The standard InChI is InChI=1S/C24H29N3O2/c1-7-8-19-9-11-20(12-10-19)22(28)26(16-25)27(24(4,5)6)23(29)21-14-17(2)13-18(3)15-21/h9-15H,7-8H2,1-6H3. The summed E-state index contributed by atoms with van der Waals surface area (Å²) in [7, 11) is 0. The van der Waals surface area contributed by atoms with E-state index in [1.54, 1.807) is 45.0 Å². The molecule has 2 amide bonds. The zero-order valence-electron chi connectivity index (χ0n) is 18.1. The van der Waals surface area contributed by atoms with E-state index < -0.39 is 11.4 Å². The number of hydrogen-bond acceptors (Lipinski definition) is 3. The molecule has 0 saturated carbocycles. The van der Waals surface area contributed by atoms with Gasteiger partial charge in [0.1, 0.15) is 0 Å². The SMILES string of the molecule is CCCc1ccc(C(=O)N(C#N)N(C(=O)c2cc(C)cc(C)c2)C(C)(C)C)cc1. The van der Waals surface area contributed by atoms with E-state index in [1.807, 2.05) is 38.2 Å². The van der Waals surface area contributed by atoms with Gasteiger partial charge in [-0.2, -0.15) is 5.26 Å². The second kappa shape index (κ2) is 8.91. The Bertz CT molecular complexity index is 914. The number of amides is 2. The van der Waals surface area contributed by atoms with Gasteiger partial charge in [-0.05, 0) is 70.9 Å². The lowest BCUT2D eigenvalue weighted by molar-refractivity contribution is -0.0167. The lowest BCUT2D eigenvalue weighted by atomic mass is 10.0. The van der Waals surface area contributed by atoms with Crippen LogP contribution < -0.4 is 0 Å². The third-order valence-corrected chi connectivity index (χ3v) is 4.52. The molecule has 0 fully saturated rings. The Morgan fingerprint density at radius 2 is 1.48 bits per heavy atom. The molecule has 2 aromatic carbocycles. The molecule has 2 rings (SSSR count). The maximum Gasteiger partial charge on any atom is 0.286 e. The molecule has 0 bridgehead atoms. The summed E-state index contributed by atoms with van der Waals surface area (Å²) in [6, 6.07) is 12.7. The zero-order chi connectivity index (χ0) is 21.8. The summed E-state index contributed by atoms with van der Waals surface area (Å²) >= 11 is 0. The Balaban J connectivity index is 2.44. The highest BCUT2D eigenvalue weighted by molar-refractivity contribution is 6.00. The van der Waals surface area contributed by atoms with Gasteiger partial charge in [0.15, 0.2) is 0 Å². The molecule has 2 aromatic rings. The first-order valence-corrected chi connectivity index (χ1v) is 9.84. The third-order valence-electron chi connectivity index (χ3n) is 4.52.